The van der Waals surface area contributed by atoms with Crippen molar-refractivity contribution < 1.29 is 9.59 Å². The number of nitrogens with one attached hydrogen (secondary N) is 1. The van der Waals surface area contributed by atoms with Crippen LogP contribution in [0.2, 0.25) is 0 Å². The minimum absolute atomic E-state index is 0.0553. The molecule has 0 saturated carbocycles. The molecule has 2 saturated heterocycles. The molecule has 0 bridgehead atoms. The van der Waals surface area contributed by atoms with Crippen molar-refractivity contribution in [2.45, 2.75) is 37.8 Å². The number of primary amides is 1. The highest BCUT2D eigenvalue weighted by Crippen LogP contribution is 2.35. The van der Waals surface area contributed by atoms with Gasteiger partial charge in [-0.05, 0) is 19.3 Å². The summed E-state index contributed by atoms with van der Waals surface area (Å²) < 4.78 is 0. The van der Waals surface area contributed by atoms with E-state index >= 15 is 0 Å². The van der Waals surface area contributed by atoms with Crippen LogP contribution in [0.15, 0.2) is 0 Å². The highest BCUT2D eigenvalue weighted by molar-refractivity contribution is 5.94. The molecule has 0 aromatic carbocycles. The summed E-state index contributed by atoms with van der Waals surface area (Å²) in [5.41, 5.74) is 4.94. The number of carbonyl (C=O) groups is 2. The number of hydrogen-bond donors (Lipinski definition) is 2. The summed E-state index contributed by atoms with van der Waals surface area (Å²) in [7, 11) is 0. The smallest absolute Gasteiger partial charge is 0.242 e. The highest BCUT2D eigenvalue weighted by atomic mass is 16.2. The van der Waals surface area contributed by atoms with Gasteiger partial charge in [0.05, 0.1) is 6.04 Å². The fourth-order valence-corrected chi connectivity index (χ4v) is 2.73. The van der Waals surface area contributed by atoms with E-state index in [1.54, 1.807) is 0 Å². The molecule has 1 spiro atoms. The van der Waals surface area contributed by atoms with Crippen LogP contribution in [0.4, 0.5) is 0 Å². The van der Waals surface area contributed by atoms with Crippen LogP contribution in [0.1, 0.15) is 26.2 Å². The Morgan fingerprint density at radius 2 is 2.47 bits per heavy atom. The van der Waals surface area contributed by atoms with E-state index in [9.17, 15) is 9.59 Å². The summed E-state index contributed by atoms with van der Waals surface area (Å²) in [4.78, 5) is 24.9. The summed E-state index contributed by atoms with van der Waals surface area (Å²) in [6.07, 6.45) is 2.49. The lowest BCUT2D eigenvalue weighted by atomic mass is 9.87. The first kappa shape index (κ1) is 10.4. The molecule has 2 aliphatic rings. The lowest BCUT2D eigenvalue weighted by Gasteiger charge is -2.46. The van der Waals surface area contributed by atoms with Gasteiger partial charge in [0.2, 0.25) is 11.8 Å². The number of carbonyl (C=O) groups excluding carboxylic acids is 2. The maximum atomic E-state index is 11.6. The Morgan fingerprint density at radius 1 is 1.73 bits per heavy atom. The SMILES string of the molecule is CCC(C(N)=O)N1CCCC12CNC2=O. The van der Waals surface area contributed by atoms with Crippen molar-refractivity contribution in [3.05, 3.63) is 0 Å². The third-order valence-electron chi connectivity index (χ3n) is 3.59. The van der Waals surface area contributed by atoms with E-state index < -0.39 is 5.54 Å². The van der Waals surface area contributed by atoms with Crippen LogP contribution in [0.3, 0.4) is 0 Å². The first-order chi connectivity index (χ1) is 7.12. The molecule has 5 nitrogen and oxygen atoms in total. The van der Waals surface area contributed by atoms with Gasteiger partial charge in [0.1, 0.15) is 5.54 Å². The molecule has 0 aliphatic carbocycles. The first-order valence-electron chi connectivity index (χ1n) is 5.46. The molecule has 3 N–H and O–H groups in total. The lowest BCUT2D eigenvalue weighted by molar-refractivity contribution is -0.145. The number of likely N-dealkylation sites (tertiary alicyclic amines) is 1. The average Bonchev–Trinajstić information content (AvgIpc) is 2.63. The number of rotatable bonds is 3. The van der Waals surface area contributed by atoms with Crippen molar-refractivity contribution in [3.8, 4) is 0 Å². The van der Waals surface area contributed by atoms with Gasteiger partial charge < -0.3 is 11.1 Å². The number of nitrogens with zero attached hydrogens (tertiary/aromatic N) is 1. The van der Waals surface area contributed by atoms with Gasteiger partial charge in [-0.1, -0.05) is 6.92 Å². The third-order valence-corrected chi connectivity index (χ3v) is 3.59. The number of nitrogens with two attached hydrogens (primary N) is 1. The van der Waals surface area contributed by atoms with Crippen LogP contribution in [0.25, 0.3) is 0 Å². The van der Waals surface area contributed by atoms with E-state index in [0.717, 1.165) is 19.4 Å². The second kappa shape index (κ2) is 3.48. The van der Waals surface area contributed by atoms with Gasteiger partial charge in [-0.2, -0.15) is 0 Å². The third kappa shape index (κ3) is 1.33. The fourth-order valence-electron chi connectivity index (χ4n) is 2.73. The molecule has 2 heterocycles. The summed E-state index contributed by atoms with van der Waals surface area (Å²) in [5, 5.41) is 2.76. The Morgan fingerprint density at radius 3 is 2.87 bits per heavy atom. The Kier molecular flexibility index (Phi) is 2.42. The van der Waals surface area contributed by atoms with Gasteiger partial charge in [0.25, 0.3) is 0 Å². The van der Waals surface area contributed by atoms with E-state index in [-0.39, 0.29) is 17.9 Å². The molecule has 2 amide bonds. The Balaban J connectivity index is 2.20. The molecule has 2 atom stereocenters. The Hall–Kier alpha value is -1.10. The minimum atomic E-state index is -0.421. The molecule has 2 fully saturated rings. The van der Waals surface area contributed by atoms with Gasteiger partial charge >= 0.3 is 0 Å². The van der Waals surface area contributed by atoms with Crippen molar-refractivity contribution >= 4 is 11.8 Å². The standard InChI is InChI=1S/C10H17N3O2/c1-2-7(8(11)14)13-5-3-4-10(13)6-12-9(10)15/h7H,2-6H2,1H3,(H2,11,14)(H,12,15). The lowest BCUT2D eigenvalue weighted by Crippen LogP contribution is -2.73. The second-order valence-electron chi connectivity index (χ2n) is 4.34. The van der Waals surface area contributed by atoms with Crippen molar-refractivity contribution in [1.29, 1.82) is 0 Å². The molecule has 2 unspecified atom stereocenters. The average molecular weight is 211 g/mol. The molecular weight excluding hydrogens is 194 g/mol. The van der Waals surface area contributed by atoms with E-state index in [2.05, 4.69) is 5.32 Å². The Labute approximate surface area is 89.0 Å². The molecule has 0 radical (unpaired) electrons. The maximum absolute atomic E-state index is 11.6. The predicted octanol–water partition coefficient (Wildman–Crippen LogP) is -0.785. The molecule has 0 aromatic heterocycles. The number of hydrogen-bond acceptors (Lipinski definition) is 3. The van der Waals surface area contributed by atoms with E-state index in [1.165, 1.54) is 0 Å². The zero-order valence-electron chi connectivity index (χ0n) is 8.95. The molecule has 2 aliphatic heterocycles. The van der Waals surface area contributed by atoms with E-state index in [0.29, 0.717) is 13.0 Å². The topological polar surface area (TPSA) is 75.4 Å². The van der Waals surface area contributed by atoms with E-state index in [1.807, 2.05) is 11.8 Å². The molecule has 0 aromatic rings. The van der Waals surface area contributed by atoms with Crippen LogP contribution < -0.4 is 11.1 Å². The van der Waals surface area contributed by atoms with Crippen molar-refractivity contribution in [1.82, 2.24) is 10.2 Å². The second-order valence-corrected chi connectivity index (χ2v) is 4.34. The quantitative estimate of drug-likeness (QED) is 0.601. The fraction of sp³-hybridized carbons (Fsp3) is 0.800. The van der Waals surface area contributed by atoms with Gasteiger partial charge in [-0.15, -0.1) is 0 Å². The number of β-lactam (4-membered cyclic amide) rings is 1. The highest BCUT2D eigenvalue weighted by Gasteiger charge is 2.55. The van der Waals surface area contributed by atoms with Crippen molar-refractivity contribution in [2.24, 2.45) is 5.73 Å². The van der Waals surface area contributed by atoms with Crippen LogP contribution in [0.5, 0.6) is 0 Å². The maximum Gasteiger partial charge on any atom is 0.242 e. The molecule has 2 rings (SSSR count). The van der Waals surface area contributed by atoms with Crippen molar-refractivity contribution in [2.75, 3.05) is 13.1 Å². The number of amides is 2. The largest absolute Gasteiger partial charge is 0.368 e. The van der Waals surface area contributed by atoms with Crippen molar-refractivity contribution in [3.63, 3.8) is 0 Å². The van der Waals surface area contributed by atoms with Crippen LogP contribution in [-0.2, 0) is 9.59 Å². The van der Waals surface area contributed by atoms with Crippen LogP contribution in [0, 0.1) is 0 Å². The zero-order valence-corrected chi connectivity index (χ0v) is 8.95. The summed E-state index contributed by atoms with van der Waals surface area (Å²) >= 11 is 0. The normalized spacial score (nSPS) is 32.5. The molecule has 5 heteroatoms. The predicted molar refractivity (Wildman–Crippen MR) is 55.0 cm³/mol. The summed E-state index contributed by atoms with van der Waals surface area (Å²) in [6, 6.07) is -0.293. The Bertz CT molecular complexity index is 305. The minimum Gasteiger partial charge on any atom is -0.368 e. The summed E-state index contributed by atoms with van der Waals surface area (Å²) in [6.45, 7) is 3.39. The molecule has 15 heavy (non-hydrogen) atoms. The zero-order chi connectivity index (χ0) is 11.1. The van der Waals surface area contributed by atoms with Gasteiger partial charge in [-0.3, -0.25) is 14.5 Å². The summed E-state index contributed by atoms with van der Waals surface area (Å²) in [5.74, 6) is -0.266. The van der Waals surface area contributed by atoms with Crippen LogP contribution >= 0.6 is 0 Å². The van der Waals surface area contributed by atoms with Gasteiger partial charge in [-0.25, -0.2) is 0 Å². The first-order valence-corrected chi connectivity index (χ1v) is 5.46. The van der Waals surface area contributed by atoms with Crippen LogP contribution in [-0.4, -0.2) is 41.4 Å². The van der Waals surface area contributed by atoms with Gasteiger partial charge in [0, 0.05) is 13.1 Å². The van der Waals surface area contributed by atoms with Gasteiger partial charge in [0.15, 0.2) is 0 Å². The molecule has 84 valence electrons. The monoisotopic (exact) mass is 211 g/mol. The van der Waals surface area contributed by atoms with E-state index in [4.69, 9.17) is 5.73 Å². The molecular formula is C10H17N3O2.